The molecule has 0 saturated carbocycles. The van der Waals surface area contributed by atoms with Crippen LogP contribution in [-0.4, -0.2) is 7.11 Å². The summed E-state index contributed by atoms with van der Waals surface area (Å²) in [5.74, 6) is 0.796. The maximum Gasteiger partial charge on any atom is 0.148 e. The number of aryl methyl sites for hydroxylation is 1. The first-order chi connectivity index (χ1) is 9.57. The lowest BCUT2D eigenvalue weighted by Gasteiger charge is -2.25. The summed E-state index contributed by atoms with van der Waals surface area (Å²) >= 11 is 0. The van der Waals surface area contributed by atoms with E-state index < -0.39 is 5.54 Å². The van der Waals surface area contributed by atoms with E-state index >= 15 is 0 Å². The Balaban J connectivity index is 2.26. The molecule has 0 aliphatic rings. The Morgan fingerprint density at radius 1 is 1.05 bits per heavy atom. The Hall–Kier alpha value is -2.47. The third kappa shape index (κ3) is 2.92. The van der Waals surface area contributed by atoms with Crippen LogP contribution in [0.15, 0.2) is 48.5 Å². The quantitative estimate of drug-likeness (QED) is 0.914. The highest BCUT2D eigenvalue weighted by molar-refractivity contribution is 5.52. The summed E-state index contributed by atoms with van der Waals surface area (Å²) in [5, 5.41) is 12.8. The van der Waals surface area contributed by atoms with Gasteiger partial charge in [0.05, 0.1) is 13.2 Å². The van der Waals surface area contributed by atoms with Crippen LogP contribution in [0.4, 0.5) is 5.69 Å². The van der Waals surface area contributed by atoms with E-state index in [9.17, 15) is 5.26 Å². The van der Waals surface area contributed by atoms with Crippen LogP contribution in [-0.2, 0) is 5.54 Å². The summed E-state index contributed by atoms with van der Waals surface area (Å²) in [6, 6.07) is 17.9. The van der Waals surface area contributed by atoms with Crippen LogP contribution in [0.2, 0.25) is 0 Å². The third-order valence-corrected chi connectivity index (χ3v) is 3.34. The molecule has 20 heavy (non-hydrogen) atoms. The van der Waals surface area contributed by atoms with Gasteiger partial charge in [0.25, 0.3) is 0 Å². The van der Waals surface area contributed by atoms with Crippen LogP contribution >= 0.6 is 0 Å². The second-order valence-corrected chi connectivity index (χ2v) is 4.96. The molecule has 1 unspecified atom stereocenters. The van der Waals surface area contributed by atoms with Crippen molar-refractivity contribution in [1.29, 1.82) is 5.26 Å². The number of methoxy groups -OCH3 is 1. The number of hydrogen-bond acceptors (Lipinski definition) is 3. The minimum Gasteiger partial charge on any atom is -0.497 e. The summed E-state index contributed by atoms with van der Waals surface area (Å²) in [7, 11) is 1.63. The van der Waals surface area contributed by atoms with E-state index in [0.29, 0.717) is 0 Å². The molecule has 0 radical (unpaired) electrons. The number of ether oxygens (including phenoxy) is 1. The molecular formula is C17H18N2O. The molecule has 0 spiro atoms. The molecule has 3 nitrogen and oxygen atoms in total. The number of nitriles is 1. The van der Waals surface area contributed by atoms with Gasteiger partial charge >= 0.3 is 0 Å². The van der Waals surface area contributed by atoms with Crippen LogP contribution in [0.1, 0.15) is 18.1 Å². The van der Waals surface area contributed by atoms with E-state index in [1.165, 1.54) is 5.56 Å². The molecule has 2 aromatic carbocycles. The Labute approximate surface area is 119 Å². The number of anilines is 1. The first-order valence-corrected chi connectivity index (χ1v) is 6.48. The fraction of sp³-hybridized carbons (Fsp3) is 0.235. The number of nitrogens with one attached hydrogen (secondary N) is 1. The normalized spacial score (nSPS) is 13.1. The summed E-state index contributed by atoms with van der Waals surface area (Å²) in [6.45, 7) is 3.91. The molecule has 0 aliphatic carbocycles. The smallest absolute Gasteiger partial charge is 0.148 e. The zero-order valence-electron chi connectivity index (χ0n) is 12.0. The number of benzene rings is 2. The highest BCUT2D eigenvalue weighted by Crippen LogP contribution is 2.26. The fourth-order valence-electron chi connectivity index (χ4n) is 2.01. The van der Waals surface area contributed by atoms with Gasteiger partial charge in [-0.05, 0) is 43.7 Å². The number of hydrogen-bond donors (Lipinski definition) is 1. The van der Waals surface area contributed by atoms with E-state index in [-0.39, 0.29) is 0 Å². The zero-order chi connectivity index (χ0) is 14.6. The van der Waals surface area contributed by atoms with Crippen molar-refractivity contribution < 1.29 is 4.74 Å². The monoisotopic (exact) mass is 266 g/mol. The third-order valence-electron chi connectivity index (χ3n) is 3.34. The minimum absolute atomic E-state index is 0.762. The van der Waals surface area contributed by atoms with Gasteiger partial charge in [-0.2, -0.15) is 5.26 Å². The van der Waals surface area contributed by atoms with Crippen molar-refractivity contribution >= 4 is 5.69 Å². The van der Waals surface area contributed by atoms with Gasteiger partial charge in [-0.1, -0.05) is 29.8 Å². The van der Waals surface area contributed by atoms with Crippen LogP contribution in [0, 0.1) is 18.3 Å². The fourth-order valence-corrected chi connectivity index (χ4v) is 2.01. The molecule has 0 heterocycles. The Kier molecular flexibility index (Phi) is 3.95. The van der Waals surface area contributed by atoms with Gasteiger partial charge in [0.2, 0.25) is 0 Å². The molecule has 1 atom stereocenters. The molecule has 2 rings (SSSR count). The van der Waals surface area contributed by atoms with Crippen molar-refractivity contribution in [2.45, 2.75) is 19.4 Å². The van der Waals surface area contributed by atoms with Gasteiger partial charge in [-0.15, -0.1) is 0 Å². The van der Waals surface area contributed by atoms with Crippen molar-refractivity contribution in [2.75, 3.05) is 12.4 Å². The van der Waals surface area contributed by atoms with E-state index in [4.69, 9.17) is 4.74 Å². The van der Waals surface area contributed by atoms with Crippen LogP contribution < -0.4 is 10.1 Å². The lowest BCUT2D eigenvalue weighted by Crippen LogP contribution is -2.29. The van der Waals surface area contributed by atoms with E-state index in [0.717, 1.165) is 17.0 Å². The Morgan fingerprint density at radius 3 is 2.15 bits per heavy atom. The predicted octanol–water partition coefficient (Wildman–Crippen LogP) is 3.85. The average Bonchev–Trinajstić information content (AvgIpc) is 2.48. The van der Waals surface area contributed by atoms with Crippen molar-refractivity contribution in [3.05, 3.63) is 59.7 Å². The Bertz CT molecular complexity index is 611. The molecule has 0 bridgehead atoms. The molecule has 102 valence electrons. The maximum absolute atomic E-state index is 9.53. The molecule has 1 N–H and O–H groups in total. The molecule has 0 aliphatic heterocycles. The molecule has 2 aromatic rings. The van der Waals surface area contributed by atoms with E-state index in [2.05, 4.69) is 11.4 Å². The van der Waals surface area contributed by atoms with Gasteiger partial charge in [-0.3, -0.25) is 0 Å². The predicted molar refractivity (Wildman–Crippen MR) is 80.8 cm³/mol. The van der Waals surface area contributed by atoms with Gasteiger partial charge in [-0.25, -0.2) is 0 Å². The lowest BCUT2D eigenvalue weighted by molar-refractivity contribution is 0.415. The zero-order valence-corrected chi connectivity index (χ0v) is 12.0. The SMILES string of the molecule is COc1ccc(NC(C)(C#N)c2ccc(C)cc2)cc1. The van der Waals surface area contributed by atoms with Crippen LogP contribution in [0.25, 0.3) is 0 Å². The number of nitrogens with zero attached hydrogens (tertiary/aromatic N) is 1. The largest absolute Gasteiger partial charge is 0.497 e. The van der Waals surface area contributed by atoms with Gasteiger partial charge in [0.1, 0.15) is 11.3 Å². The molecule has 3 heteroatoms. The summed E-state index contributed by atoms with van der Waals surface area (Å²) in [5.41, 5.74) is 2.25. The lowest BCUT2D eigenvalue weighted by atomic mass is 9.92. The molecule has 0 saturated heterocycles. The second-order valence-electron chi connectivity index (χ2n) is 4.96. The highest BCUT2D eigenvalue weighted by Gasteiger charge is 2.25. The topological polar surface area (TPSA) is 45.0 Å². The number of rotatable bonds is 4. The second kappa shape index (κ2) is 5.66. The Morgan fingerprint density at radius 2 is 1.65 bits per heavy atom. The summed E-state index contributed by atoms with van der Waals surface area (Å²) in [6.07, 6.45) is 0. The molecule has 0 amide bonds. The van der Waals surface area contributed by atoms with Crippen LogP contribution in [0.3, 0.4) is 0 Å². The molecule has 0 fully saturated rings. The van der Waals surface area contributed by atoms with Crippen molar-refractivity contribution in [3.63, 3.8) is 0 Å². The first kappa shape index (κ1) is 14.0. The van der Waals surface area contributed by atoms with Crippen LogP contribution in [0.5, 0.6) is 5.75 Å². The molecular weight excluding hydrogens is 248 g/mol. The van der Waals surface area contributed by atoms with Gasteiger partial charge < -0.3 is 10.1 Å². The first-order valence-electron chi connectivity index (χ1n) is 6.48. The van der Waals surface area contributed by atoms with Gasteiger partial charge in [0, 0.05) is 5.69 Å². The maximum atomic E-state index is 9.53. The van der Waals surface area contributed by atoms with Crippen molar-refractivity contribution in [1.82, 2.24) is 0 Å². The average molecular weight is 266 g/mol. The van der Waals surface area contributed by atoms with Crippen molar-refractivity contribution in [2.24, 2.45) is 0 Å². The minimum atomic E-state index is -0.762. The van der Waals surface area contributed by atoms with E-state index in [1.54, 1.807) is 7.11 Å². The van der Waals surface area contributed by atoms with Gasteiger partial charge in [0.15, 0.2) is 0 Å². The summed E-state index contributed by atoms with van der Waals surface area (Å²) in [4.78, 5) is 0. The van der Waals surface area contributed by atoms with E-state index in [1.807, 2.05) is 62.4 Å². The van der Waals surface area contributed by atoms with Crippen molar-refractivity contribution in [3.8, 4) is 11.8 Å². The summed E-state index contributed by atoms with van der Waals surface area (Å²) < 4.78 is 5.13. The highest BCUT2D eigenvalue weighted by atomic mass is 16.5. The standard InChI is InChI=1S/C17H18N2O/c1-13-4-6-14(7-5-13)17(2,12-18)19-15-8-10-16(20-3)11-9-15/h4-11,19H,1-3H3. The molecule has 0 aromatic heterocycles.